The number of piperazine rings is 1. The van der Waals surface area contributed by atoms with Crippen LogP contribution in [-0.4, -0.2) is 48.6 Å². The van der Waals surface area contributed by atoms with Gasteiger partial charge in [0.25, 0.3) is 0 Å². The van der Waals surface area contributed by atoms with Crippen LogP contribution in [0.4, 0.5) is 4.79 Å². The van der Waals surface area contributed by atoms with Crippen LogP contribution in [0.2, 0.25) is 0 Å². The van der Waals surface area contributed by atoms with E-state index < -0.39 is 11.9 Å². The molecule has 2 aliphatic rings. The molecule has 1 saturated carbocycles. The molecule has 2 fully saturated rings. The number of carbonyl (C=O) groups excluding carboxylic acids is 2. The van der Waals surface area contributed by atoms with Crippen molar-refractivity contribution >= 4 is 11.9 Å². The zero-order valence-electron chi connectivity index (χ0n) is 9.95. The minimum Gasteiger partial charge on any atom is -0.368 e. The van der Waals surface area contributed by atoms with Crippen LogP contribution in [0.25, 0.3) is 0 Å². The molecule has 1 heterocycles. The van der Waals surface area contributed by atoms with E-state index in [1.54, 1.807) is 4.90 Å². The summed E-state index contributed by atoms with van der Waals surface area (Å²) in [6.07, 6.45) is 4.43. The molecule has 2 rings (SSSR count). The minimum absolute atomic E-state index is 0.151. The molecule has 0 aromatic carbocycles. The molecule has 0 radical (unpaired) electrons. The van der Waals surface area contributed by atoms with Crippen molar-refractivity contribution in [3.05, 3.63) is 0 Å². The van der Waals surface area contributed by atoms with E-state index in [0.29, 0.717) is 19.6 Å². The number of hydrogen-bond acceptors (Lipinski definition) is 3. The smallest absolute Gasteiger partial charge is 0.318 e. The molecule has 6 heteroatoms. The molecule has 0 aromatic rings. The van der Waals surface area contributed by atoms with Crippen molar-refractivity contribution in [1.29, 1.82) is 0 Å². The second-order valence-electron chi connectivity index (χ2n) is 4.75. The van der Waals surface area contributed by atoms with E-state index in [1.807, 2.05) is 0 Å². The third kappa shape index (κ3) is 2.88. The van der Waals surface area contributed by atoms with Crippen LogP contribution in [0.15, 0.2) is 0 Å². The summed E-state index contributed by atoms with van der Waals surface area (Å²) in [6.45, 7) is 1.70. The van der Waals surface area contributed by atoms with E-state index in [9.17, 15) is 9.59 Å². The van der Waals surface area contributed by atoms with Crippen LogP contribution < -0.4 is 16.4 Å². The van der Waals surface area contributed by atoms with Gasteiger partial charge >= 0.3 is 6.03 Å². The standard InChI is InChI=1S/C11H20N4O2/c12-10(16)9-7-13-5-6-15(9)11(17)14-8-3-1-2-4-8/h8-9,13H,1-7H2,(H2,12,16)(H,14,17). The van der Waals surface area contributed by atoms with Crippen LogP contribution >= 0.6 is 0 Å². The highest BCUT2D eigenvalue weighted by Crippen LogP contribution is 2.18. The fourth-order valence-electron chi connectivity index (χ4n) is 2.53. The van der Waals surface area contributed by atoms with Crippen LogP contribution in [0, 0.1) is 0 Å². The lowest BCUT2D eigenvalue weighted by molar-refractivity contribution is -0.122. The average Bonchev–Trinajstić information content (AvgIpc) is 2.81. The molecule has 0 bridgehead atoms. The first-order valence-electron chi connectivity index (χ1n) is 6.25. The van der Waals surface area contributed by atoms with Gasteiger partial charge in [0.05, 0.1) is 0 Å². The molecular formula is C11H20N4O2. The summed E-state index contributed by atoms with van der Waals surface area (Å²) in [4.78, 5) is 24.9. The van der Waals surface area contributed by atoms with Gasteiger partial charge in [0.2, 0.25) is 5.91 Å². The topological polar surface area (TPSA) is 87.5 Å². The van der Waals surface area contributed by atoms with Crippen molar-refractivity contribution in [3.8, 4) is 0 Å². The number of carbonyl (C=O) groups is 2. The SMILES string of the molecule is NC(=O)C1CNCCN1C(=O)NC1CCCC1. The Bertz CT molecular complexity index is 302. The van der Waals surface area contributed by atoms with Gasteiger partial charge in [0.15, 0.2) is 0 Å². The molecule has 1 atom stereocenters. The van der Waals surface area contributed by atoms with Gasteiger partial charge in [-0.2, -0.15) is 0 Å². The Morgan fingerprint density at radius 3 is 2.65 bits per heavy atom. The van der Waals surface area contributed by atoms with Crippen molar-refractivity contribution in [3.63, 3.8) is 0 Å². The lowest BCUT2D eigenvalue weighted by atomic mass is 10.2. The number of urea groups is 1. The normalized spacial score (nSPS) is 25.9. The predicted octanol–water partition coefficient (Wildman–Crippen LogP) is -0.602. The minimum atomic E-state index is -0.523. The number of rotatable bonds is 2. The van der Waals surface area contributed by atoms with Gasteiger partial charge < -0.3 is 21.3 Å². The maximum atomic E-state index is 12.0. The first-order valence-corrected chi connectivity index (χ1v) is 6.25. The molecule has 96 valence electrons. The molecule has 0 aromatic heterocycles. The Kier molecular flexibility index (Phi) is 3.83. The average molecular weight is 240 g/mol. The number of nitrogens with one attached hydrogen (secondary N) is 2. The van der Waals surface area contributed by atoms with Gasteiger partial charge in [-0.3, -0.25) is 4.79 Å². The van der Waals surface area contributed by atoms with Crippen molar-refractivity contribution in [2.75, 3.05) is 19.6 Å². The number of nitrogens with zero attached hydrogens (tertiary/aromatic N) is 1. The first kappa shape index (κ1) is 12.2. The zero-order chi connectivity index (χ0) is 12.3. The molecule has 1 aliphatic heterocycles. The Hall–Kier alpha value is -1.30. The van der Waals surface area contributed by atoms with Gasteiger partial charge in [-0.25, -0.2) is 4.79 Å². The third-order valence-corrected chi connectivity index (χ3v) is 3.52. The highest BCUT2D eigenvalue weighted by atomic mass is 16.2. The van der Waals surface area contributed by atoms with Crippen LogP contribution in [0.1, 0.15) is 25.7 Å². The summed E-state index contributed by atoms with van der Waals surface area (Å²) in [5.41, 5.74) is 5.30. The largest absolute Gasteiger partial charge is 0.368 e. The fraction of sp³-hybridized carbons (Fsp3) is 0.818. The number of primary amides is 1. The molecule has 1 unspecified atom stereocenters. The Morgan fingerprint density at radius 2 is 2.00 bits per heavy atom. The summed E-state index contributed by atoms with van der Waals surface area (Å²) in [5.74, 6) is -0.446. The monoisotopic (exact) mass is 240 g/mol. The lowest BCUT2D eigenvalue weighted by Crippen LogP contribution is -2.61. The fourth-order valence-corrected chi connectivity index (χ4v) is 2.53. The summed E-state index contributed by atoms with van der Waals surface area (Å²) in [6, 6.07) is -0.404. The van der Waals surface area contributed by atoms with Crippen LogP contribution in [0.3, 0.4) is 0 Å². The molecular weight excluding hydrogens is 220 g/mol. The second-order valence-corrected chi connectivity index (χ2v) is 4.75. The molecule has 17 heavy (non-hydrogen) atoms. The van der Waals surface area contributed by atoms with E-state index in [4.69, 9.17) is 5.73 Å². The summed E-state index contributed by atoms with van der Waals surface area (Å²) in [5, 5.41) is 6.06. The van der Waals surface area contributed by atoms with E-state index >= 15 is 0 Å². The highest BCUT2D eigenvalue weighted by molar-refractivity contribution is 5.86. The molecule has 1 saturated heterocycles. The highest BCUT2D eigenvalue weighted by Gasteiger charge is 2.31. The van der Waals surface area contributed by atoms with E-state index in [-0.39, 0.29) is 12.1 Å². The van der Waals surface area contributed by atoms with E-state index in [1.165, 1.54) is 12.8 Å². The second kappa shape index (κ2) is 5.35. The molecule has 6 nitrogen and oxygen atoms in total. The maximum Gasteiger partial charge on any atom is 0.318 e. The molecule has 4 N–H and O–H groups in total. The number of amides is 3. The Morgan fingerprint density at radius 1 is 1.29 bits per heavy atom. The van der Waals surface area contributed by atoms with Crippen molar-refractivity contribution < 1.29 is 9.59 Å². The van der Waals surface area contributed by atoms with Gasteiger partial charge in [0.1, 0.15) is 6.04 Å². The van der Waals surface area contributed by atoms with E-state index in [2.05, 4.69) is 10.6 Å². The lowest BCUT2D eigenvalue weighted by Gasteiger charge is -2.34. The van der Waals surface area contributed by atoms with Crippen LogP contribution in [-0.2, 0) is 4.79 Å². The van der Waals surface area contributed by atoms with Gasteiger partial charge in [-0.05, 0) is 12.8 Å². The first-order chi connectivity index (χ1) is 8.18. The van der Waals surface area contributed by atoms with Gasteiger partial charge in [-0.15, -0.1) is 0 Å². The quantitative estimate of drug-likeness (QED) is 0.602. The number of hydrogen-bond donors (Lipinski definition) is 3. The van der Waals surface area contributed by atoms with E-state index in [0.717, 1.165) is 12.8 Å². The maximum absolute atomic E-state index is 12.0. The molecule has 1 aliphatic carbocycles. The Balaban J connectivity index is 1.93. The molecule has 3 amide bonds. The summed E-state index contributed by atoms with van der Waals surface area (Å²) in [7, 11) is 0. The third-order valence-electron chi connectivity index (χ3n) is 3.52. The predicted molar refractivity (Wildman–Crippen MR) is 63.3 cm³/mol. The number of nitrogens with two attached hydrogens (primary N) is 1. The summed E-state index contributed by atoms with van der Waals surface area (Å²) < 4.78 is 0. The van der Waals surface area contributed by atoms with Crippen molar-refractivity contribution in [1.82, 2.24) is 15.5 Å². The van der Waals surface area contributed by atoms with Gasteiger partial charge in [-0.1, -0.05) is 12.8 Å². The van der Waals surface area contributed by atoms with Gasteiger partial charge in [0, 0.05) is 25.7 Å². The zero-order valence-corrected chi connectivity index (χ0v) is 9.95. The van der Waals surface area contributed by atoms with Crippen LogP contribution in [0.5, 0.6) is 0 Å². The van der Waals surface area contributed by atoms with Crippen molar-refractivity contribution in [2.45, 2.75) is 37.8 Å². The van der Waals surface area contributed by atoms with Crippen molar-refractivity contribution in [2.24, 2.45) is 5.73 Å². The summed E-state index contributed by atoms with van der Waals surface area (Å²) >= 11 is 0. The Labute approximate surface area is 101 Å². The molecule has 0 spiro atoms.